The lowest BCUT2D eigenvalue weighted by atomic mass is 10.5. The van der Waals surface area contributed by atoms with E-state index in [0.29, 0.717) is 17.5 Å². The van der Waals surface area contributed by atoms with Crippen LogP contribution in [0.25, 0.3) is 0 Å². The highest BCUT2D eigenvalue weighted by Crippen LogP contribution is 2.11. The van der Waals surface area contributed by atoms with Gasteiger partial charge in [0.2, 0.25) is 0 Å². The molecule has 7 heteroatoms. The Kier molecular flexibility index (Phi) is 4.59. The molecular weight excluding hydrogens is 228 g/mol. The lowest BCUT2D eigenvalue weighted by molar-refractivity contribution is -0.134. The van der Waals surface area contributed by atoms with E-state index in [0.717, 1.165) is 0 Å². The fourth-order valence-electron chi connectivity index (χ4n) is 0.809. The summed E-state index contributed by atoms with van der Waals surface area (Å²) in [6.45, 7) is 1.87. The van der Waals surface area contributed by atoms with Crippen molar-refractivity contribution in [1.82, 2.24) is 9.97 Å². The number of esters is 1. The monoisotopic (exact) mass is 238 g/mol. The molecule has 0 unspecified atom stereocenters. The Bertz CT molecular complexity index is 407. The molecule has 84 valence electrons. The second-order valence-electron chi connectivity index (χ2n) is 2.57. The molecule has 0 radical (unpaired) electrons. The van der Waals surface area contributed by atoms with Crippen molar-refractivity contribution < 1.29 is 9.53 Å². The van der Waals surface area contributed by atoms with E-state index in [4.69, 9.17) is 10.8 Å². The molecule has 0 saturated carbocycles. The highest BCUT2D eigenvalue weighted by Gasteiger charge is 2.15. The third kappa shape index (κ3) is 3.43. The largest absolute Gasteiger partial charge is 0.461 e. The number of hydrogen-bond donors (Lipinski definition) is 2. The summed E-state index contributed by atoms with van der Waals surface area (Å²) in [7, 11) is 0. The highest BCUT2D eigenvalue weighted by molar-refractivity contribution is 8.28. The fourth-order valence-corrected chi connectivity index (χ4v) is 1.37. The van der Waals surface area contributed by atoms with Crippen LogP contribution in [0.3, 0.4) is 0 Å². The van der Waals surface area contributed by atoms with Crippen LogP contribution in [-0.4, -0.2) is 32.6 Å². The molecule has 0 aromatic carbocycles. The summed E-state index contributed by atoms with van der Waals surface area (Å²) in [5, 5.41) is 14.6. The van der Waals surface area contributed by atoms with Crippen LogP contribution >= 0.6 is 11.8 Å². The summed E-state index contributed by atoms with van der Waals surface area (Å²) >= 11 is 0.690. The van der Waals surface area contributed by atoms with Crippen molar-refractivity contribution in [2.24, 2.45) is 0 Å². The predicted molar refractivity (Wildman–Crippen MR) is 60.8 cm³/mol. The van der Waals surface area contributed by atoms with E-state index < -0.39 is 5.97 Å². The van der Waals surface area contributed by atoms with Crippen LogP contribution in [-0.2, 0) is 9.53 Å². The number of carbonyl (C=O) groups excluding carboxylic acids is 1. The van der Waals surface area contributed by atoms with Crippen molar-refractivity contribution in [2.75, 3.05) is 6.61 Å². The average molecular weight is 238 g/mol. The Labute approximate surface area is 96.5 Å². The maximum atomic E-state index is 11.1. The quantitative estimate of drug-likeness (QED) is 0.456. The Balaban J connectivity index is 2.59. The van der Waals surface area contributed by atoms with Gasteiger partial charge in [0.25, 0.3) is 0 Å². The molecule has 1 heterocycles. The first-order valence-electron chi connectivity index (χ1n) is 4.43. The van der Waals surface area contributed by atoms with Gasteiger partial charge in [-0.1, -0.05) is 0 Å². The van der Waals surface area contributed by atoms with E-state index in [9.17, 15) is 4.79 Å². The number of ether oxygens (including phenoxy) is 1. The molecule has 2 N–H and O–H groups in total. The van der Waals surface area contributed by atoms with Crippen LogP contribution in [0.15, 0.2) is 18.6 Å². The number of hydrogen-bond acceptors (Lipinski definition) is 7. The number of nitrogens with one attached hydrogen (secondary N) is 2. The Morgan fingerprint density at radius 2 is 2.25 bits per heavy atom. The van der Waals surface area contributed by atoms with Gasteiger partial charge in [-0.25, -0.2) is 4.79 Å². The highest BCUT2D eigenvalue weighted by atomic mass is 32.2. The van der Waals surface area contributed by atoms with E-state index in [1.165, 1.54) is 18.6 Å². The molecule has 0 bridgehead atoms. The van der Waals surface area contributed by atoms with Gasteiger partial charge in [-0.3, -0.25) is 20.8 Å². The molecule has 1 aromatic rings. The van der Waals surface area contributed by atoms with Crippen molar-refractivity contribution in [1.29, 1.82) is 10.8 Å². The van der Waals surface area contributed by atoms with Crippen molar-refractivity contribution in [3.63, 3.8) is 0 Å². The van der Waals surface area contributed by atoms with Crippen LogP contribution in [0.2, 0.25) is 0 Å². The molecule has 0 aliphatic heterocycles. The topological polar surface area (TPSA) is 99.8 Å². The minimum Gasteiger partial charge on any atom is -0.461 e. The summed E-state index contributed by atoms with van der Waals surface area (Å²) in [4.78, 5) is 18.8. The zero-order valence-corrected chi connectivity index (χ0v) is 9.37. The summed E-state index contributed by atoms with van der Waals surface area (Å²) in [6.07, 6.45) is 4.32. The molecule has 1 aromatic heterocycles. The van der Waals surface area contributed by atoms with Crippen molar-refractivity contribution in [2.45, 2.75) is 6.92 Å². The molecular formula is C9H10N4O2S. The Morgan fingerprint density at radius 1 is 1.50 bits per heavy atom. The molecule has 0 fully saturated rings. The van der Waals surface area contributed by atoms with Gasteiger partial charge in [0.05, 0.1) is 12.8 Å². The summed E-state index contributed by atoms with van der Waals surface area (Å²) < 4.78 is 4.62. The third-order valence-electron chi connectivity index (χ3n) is 1.46. The van der Waals surface area contributed by atoms with E-state index in [1.807, 2.05) is 0 Å². The van der Waals surface area contributed by atoms with Crippen LogP contribution in [0, 0.1) is 10.8 Å². The maximum Gasteiger partial charge on any atom is 0.363 e. The average Bonchev–Trinajstić information content (AvgIpc) is 2.30. The molecule has 0 aliphatic rings. The van der Waals surface area contributed by atoms with Gasteiger partial charge < -0.3 is 4.74 Å². The molecule has 16 heavy (non-hydrogen) atoms. The van der Waals surface area contributed by atoms with Gasteiger partial charge in [-0.2, -0.15) is 0 Å². The van der Waals surface area contributed by atoms with Crippen LogP contribution in [0.1, 0.15) is 12.6 Å². The van der Waals surface area contributed by atoms with E-state index in [1.54, 1.807) is 6.92 Å². The molecule has 6 nitrogen and oxygen atoms in total. The summed E-state index contributed by atoms with van der Waals surface area (Å²) in [5.74, 6) is -0.735. The first-order chi connectivity index (χ1) is 7.65. The third-order valence-corrected chi connectivity index (χ3v) is 2.24. The zero-order chi connectivity index (χ0) is 12.0. The normalized spacial score (nSPS) is 9.56. The van der Waals surface area contributed by atoms with Crippen molar-refractivity contribution in [3.8, 4) is 0 Å². The Hall–Kier alpha value is -1.76. The maximum absolute atomic E-state index is 11.1. The predicted octanol–water partition coefficient (Wildman–Crippen LogP) is 1.08. The van der Waals surface area contributed by atoms with Gasteiger partial charge in [0, 0.05) is 12.4 Å². The minimum atomic E-state index is -0.735. The van der Waals surface area contributed by atoms with Crippen LogP contribution in [0.4, 0.5) is 0 Å². The summed E-state index contributed by atoms with van der Waals surface area (Å²) in [5.41, 5.74) is 0.321. The molecule has 1 rings (SSSR count). The lowest BCUT2D eigenvalue weighted by Gasteiger charge is -2.03. The van der Waals surface area contributed by atoms with E-state index in [-0.39, 0.29) is 16.7 Å². The van der Waals surface area contributed by atoms with Crippen molar-refractivity contribution >= 4 is 27.8 Å². The molecule has 0 amide bonds. The van der Waals surface area contributed by atoms with Gasteiger partial charge >= 0.3 is 5.97 Å². The van der Waals surface area contributed by atoms with Gasteiger partial charge in [0.1, 0.15) is 10.7 Å². The number of rotatable bonds is 2. The zero-order valence-electron chi connectivity index (χ0n) is 8.56. The van der Waals surface area contributed by atoms with Crippen molar-refractivity contribution in [3.05, 3.63) is 24.3 Å². The number of carbonyl (C=O) groups is 1. The van der Waals surface area contributed by atoms with E-state index in [2.05, 4.69) is 14.7 Å². The molecule has 0 spiro atoms. The van der Waals surface area contributed by atoms with Gasteiger partial charge in [-0.05, 0) is 18.7 Å². The molecule has 0 aliphatic carbocycles. The Morgan fingerprint density at radius 3 is 2.81 bits per heavy atom. The number of aromatic nitrogens is 2. The van der Waals surface area contributed by atoms with Crippen LogP contribution < -0.4 is 0 Å². The smallest absolute Gasteiger partial charge is 0.363 e. The van der Waals surface area contributed by atoms with Gasteiger partial charge in [-0.15, -0.1) is 0 Å². The molecule has 0 atom stereocenters. The standard InChI is InChI=1S/C9H10N4O2S/c1-2-15-9(14)8(11)16-7(10)6-5-12-3-4-13-6/h3-5,10-11H,2H2,1H3. The van der Waals surface area contributed by atoms with Gasteiger partial charge in [0.15, 0.2) is 5.04 Å². The summed E-state index contributed by atoms with van der Waals surface area (Å²) in [6, 6.07) is 0. The molecule has 0 saturated heterocycles. The number of nitrogens with zero attached hydrogens (tertiary/aromatic N) is 2. The second kappa shape index (κ2) is 5.96. The first-order valence-corrected chi connectivity index (χ1v) is 5.25. The lowest BCUT2D eigenvalue weighted by Crippen LogP contribution is -2.15. The van der Waals surface area contributed by atoms with Crippen LogP contribution in [0.5, 0.6) is 0 Å². The second-order valence-corrected chi connectivity index (χ2v) is 3.59. The fraction of sp³-hybridized carbons (Fsp3) is 0.222. The minimum absolute atomic E-state index is 0.00819. The SMILES string of the molecule is CCOC(=O)C(=N)SC(=N)c1cnccn1. The first kappa shape index (κ1) is 12.3. The number of thioether (sulfide) groups is 1. The van der Waals surface area contributed by atoms with E-state index >= 15 is 0 Å².